The van der Waals surface area contributed by atoms with E-state index in [1.165, 1.54) is 0 Å². The van der Waals surface area contributed by atoms with Crippen molar-refractivity contribution in [1.29, 1.82) is 0 Å². The van der Waals surface area contributed by atoms with Crippen LogP contribution in [-0.4, -0.2) is 55.0 Å². The van der Waals surface area contributed by atoms with Crippen LogP contribution in [0.4, 0.5) is 0 Å². The molecule has 0 radical (unpaired) electrons. The van der Waals surface area contributed by atoms with Gasteiger partial charge in [0.15, 0.2) is 6.10 Å². The molecule has 0 N–H and O–H groups in total. The summed E-state index contributed by atoms with van der Waals surface area (Å²) in [6, 6.07) is 5.26. The lowest BCUT2D eigenvalue weighted by atomic mass is 10.0. The molecule has 122 valence electrons. The Labute approximate surface area is 141 Å². The van der Waals surface area contributed by atoms with Crippen LogP contribution in [0.25, 0.3) is 0 Å². The Hall–Kier alpha value is -0.970. The van der Waals surface area contributed by atoms with E-state index in [4.69, 9.17) is 27.9 Å². The predicted octanol–water partition coefficient (Wildman–Crippen LogP) is 3.31. The summed E-state index contributed by atoms with van der Waals surface area (Å²) in [6.45, 7) is 3.78. The number of carbonyl (C=O) groups is 1. The third kappa shape index (κ3) is 4.28. The van der Waals surface area contributed by atoms with Crippen molar-refractivity contribution in [2.24, 2.45) is 0 Å². The molecule has 0 saturated carbocycles. The maximum Gasteiger partial charge on any atom is 0.263 e. The fourth-order valence-electron chi connectivity index (χ4n) is 2.66. The SMILES string of the molecule is CC(Oc1ccc(Cl)cc1Cl)C(=O)N(C)C1CCN(C)CC1. The highest BCUT2D eigenvalue weighted by molar-refractivity contribution is 6.35. The first kappa shape index (κ1) is 17.4. The normalized spacial score (nSPS) is 18.0. The number of likely N-dealkylation sites (N-methyl/N-ethyl adjacent to an activating group) is 1. The molecule has 1 saturated heterocycles. The van der Waals surface area contributed by atoms with Gasteiger partial charge in [0.05, 0.1) is 5.02 Å². The summed E-state index contributed by atoms with van der Waals surface area (Å²) in [7, 11) is 3.95. The minimum atomic E-state index is -0.580. The summed E-state index contributed by atoms with van der Waals surface area (Å²) in [4.78, 5) is 16.6. The maximum atomic E-state index is 12.5. The van der Waals surface area contributed by atoms with Crippen molar-refractivity contribution in [2.45, 2.75) is 31.9 Å². The second-order valence-electron chi connectivity index (χ2n) is 5.82. The molecular formula is C16H22Cl2N2O2. The molecule has 0 spiro atoms. The van der Waals surface area contributed by atoms with Gasteiger partial charge in [0.2, 0.25) is 0 Å². The number of piperidine rings is 1. The van der Waals surface area contributed by atoms with Crippen molar-refractivity contribution in [3.63, 3.8) is 0 Å². The molecule has 1 aliphatic heterocycles. The molecule has 1 amide bonds. The van der Waals surface area contributed by atoms with Gasteiger partial charge in [-0.2, -0.15) is 0 Å². The zero-order valence-corrected chi connectivity index (χ0v) is 14.7. The second kappa shape index (κ2) is 7.53. The first-order chi connectivity index (χ1) is 10.4. The van der Waals surface area contributed by atoms with Crippen molar-refractivity contribution < 1.29 is 9.53 Å². The number of halogens is 2. The van der Waals surface area contributed by atoms with E-state index in [9.17, 15) is 4.79 Å². The minimum absolute atomic E-state index is 0.0273. The molecule has 4 nitrogen and oxygen atoms in total. The molecule has 1 aromatic carbocycles. The molecule has 0 bridgehead atoms. The van der Waals surface area contributed by atoms with Crippen LogP contribution in [0.3, 0.4) is 0 Å². The van der Waals surface area contributed by atoms with Crippen LogP contribution in [0.2, 0.25) is 10.0 Å². The van der Waals surface area contributed by atoms with Gasteiger partial charge in [-0.1, -0.05) is 23.2 Å². The van der Waals surface area contributed by atoms with Crippen LogP contribution in [0.15, 0.2) is 18.2 Å². The third-order valence-electron chi connectivity index (χ3n) is 4.13. The molecular weight excluding hydrogens is 323 g/mol. The average Bonchev–Trinajstić information content (AvgIpc) is 2.49. The summed E-state index contributed by atoms with van der Waals surface area (Å²) < 4.78 is 5.70. The van der Waals surface area contributed by atoms with Crippen LogP contribution in [-0.2, 0) is 4.79 Å². The largest absolute Gasteiger partial charge is 0.479 e. The van der Waals surface area contributed by atoms with E-state index in [2.05, 4.69) is 11.9 Å². The molecule has 1 aromatic rings. The Morgan fingerprint density at radius 3 is 2.59 bits per heavy atom. The van der Waals surface area contributed by atoms with E-state index in [0.717, 1.165) is 25.9 Å². The van der Waals surface area contributed by atoms with Crippen LogP contribution in [0, 0.1) is 0 Å². The highest BCUT2D eigenvalue weighted by Crippen LogP contribution is 2.28. The van der Waals surface area contributed by atoms with E-state index in [1.807, 2.05) is 11.9 Å². The van der Waals surface area contributed by atoms with Gasteiger partial charge in [0.1, 0.15) is 5.75 Å². The maximum absolute atomic E-state index is 12.5. The van der Waals surface area contributed by atoms with Crippen molar-refractivity contribution in [3.8, 4) is 5.75 Å². The number of rotatable bonds is 4. The van der Waals surface area contributed by atoms with E-state index in [-0.39, 0.29) is 11.9 Å². The average molecular weight is 345 g/mol. The van der Waals surface area contributed by atoms with Crippen LogP contribution in [0.1, 0.15) is 19.8 Å². The minimum Gasteiger partial charge on any atom is -0.479 e. The van der Waals surface area contributed by atoms with Crippen LogP contribution < -0.4 is 4.74 Å². The monoisotopic (exact) mass is 344 g/mol. The molecule has 1 fully saturated rings. The van der Waals surface area contributed by atoms with Gasteiger partial charge in [0, 0.05) is 18.1 Å². The Morgan fingerprint density at radius 2 is 2.00 bits per heavy atom. The van der Waals surface area contributed by atoms with Crippen molar-refractivity contribution in [2.75, 3.05) is 27.2 Å². The van der Waals surface area contributed by atoms with Gasteiger partial charge in [-0.3, -0.25) is 4.79 Å². The molecule has 6 heteroatoms. The van der Waals surface area contributed by atoms with Crippen molar-refractivity contribution in [1.82, 2.24) is 9.80 Å². The van der Waals surface area contributed by atoms with Crippen molar-refractivity contribution in [3.05, 3.63) is 28.2 Å². The number of nitrogens with zero attached hydrogens (tertiary/aromatic N) is 2. The highest BCUT2D eigenvalue weighted by Gasteiger charge is 2.28. The lowest BCUT2D eigenvalue weighted by molar-refractivity contribution is -0.139. The fraction of sp³-hybridized carbons (Fsp3) is 0.562. The van der Waals surface area contributed by atoms with E-state index in [0.29, 0.717) is 15.8 Å². The second-order valence-corrected chi connectivity index (χ2v) is 6.66. The lowest BCUT2D eigenvalue weighted by Gasteiger charge is -2.36. The summed E-state index contributed by atoms with van der Waals surface area (Å²) >= 11 is 11.9. The van der Waals surface area contributed by atoms with Gasteiger partial charge in [-0.05, 0) is 58.1 Å². The molecule has 1 atom stereocenters. The Bertz CT molecular complexity index is 531. The lowest BCUT2D eigenvalue weighted by Crippen LogP contribution is -2.48. The topological polar surface area (TPSA) is 32.8 Å². The van der Waals surface area contributed by atoms with Gasteiger partial charge in [-0.25, -0.2) is 0 Å². The smallest absolute Gasteiger partial charge is 0.263 e. The van der Waals surface area contributed by atoms with Crippen LogP contribution >= 0.6 is 23.2 Å². The number of likely N-dealkylation sites (tertiary alicyclic amines) is 1. The van der Waals surface area contributed by atoms with Gasteiger partial charge >= 0.3 is 0 Å². The van der Waals surface area contributed by atoms with Crippen molar-refractivity contribution >= 4 is 29.1 Å². The molecule has 0 aliphatic carbocycles. The zero-order valence-electron chi connectivity index (χ0n) is 13.2. The zero-order chi connectivity index (χ0) is 16.3. The highest BCUT2D eigenvalue weighted by atomic mass is 35.5. The molecule has 0 aromatic heterocycles. The molecule has 2 rings (SSSR count). The molecule has 1 unspecified atom stereocenters. The predicted molar refractivity (Wildman–Crippen MR) is 89.8 cm³/mol. The third-order valence-corrected chi connectivity index (χ3v) is 4.66. The van der Waals surface area contributed by atoms with Gasteiger partial charge in [-0.15, -0.1) is 0 Å². The van der Waals surface area contributed by atoms with E-state index < -0.39 is 6.10 Å². The summed E-state index contributed by atoms with van der Waals surface area (Å²) in [5, 5.41) is 0.953. The van der Waals surface area contributed by atoms with Gasteiger partial charge in [0.25, 0.3) is 5.91 Å². The van der Waals surface area contributed by atoms with Gasteiger partial charge < -0.3 is 14.5 Å². The number of ether oxygens (including phenoxy) is 1. The first-order valence-corrected chi connectivity index (χ1v) is 8.21. The molecule has 1 aliphatic rings. The number of benzene rings is 1. The fourth-order valence-corrected chi connectivity index (χ4v) is 3.11. The Morgan fingerprint density at radius 1 is 1.36 bits per heavy atom. The van der Waals surface area contributed by atoms with E-state index in [1.54, 1.807) is 25.1 Å². The summed E-state index contributed by atoms with van der Waals surface area (Å²) in [5.41, 5.74) is 0. The standard InChI is InChI=1S/C16H22Cl2N2O2/c1-11(22-15-5-4-12(17)10-14(15)18)16(21)20(3)13-6-8-19(2)9-7-13/h4-5,10-11,13H,6-9H2,1-3H3. The number of carbonyl (C=O) groups excluding carboxylic acids is 1. The van der Waals surface area contributed by atoms with Crippen LogP contribution in [0.5, 0.6) is 5.75 Å². The molecule has 1 heterocycles. The molecule has 22 heavy (non-hydrogen) atoms. The Balaban J connectivity index is 1.96. The Kier molecular flexibility index (Phi) is 5.95. The summed E-state index contributed by atoms with van der Waals surface area (Å²) in [5.74, 6) is 0.448. The first-order valence-electron chi connectivity index (χ1n) is 7.45. The quantitative estimate of drug-likeness (QED) is 0.839. The number of hydrogen-bond acceptors (Lipinski definition) is 3. The number of amides is 1. The summed E-state index contributed by atoms with van der Waals surface area (Å²) in [6.07, 6.45) is 1.41. The number of hydrogen-bond donors (Lipinski definition) is 0. The van der Waals surface area contributed by atoms with E-state index >= 15 is 0 Å².